The number of quaternary nitrogens is 1. The van der Waals surface area contributed by atoms with Crippen LogP contribution in [-0.2, 0) is 0 Å². The molecule has 1 amide bonds. The number of carbonyl (C=O) groups excluding carboxylic acids is 1. The Morgan fingerprint density at radius 2 is 2.00 bits per heavy atom. The van der Waals surface area contributed by atoms with Crippen molar-refractivity contribution in [3.8, 4) is 0 Å². The van der Waals surface area contributed by atoms with Gasteiger partial charge in [-0.2, -0.15) is 0 Å². The largest absolute Gasteiger partial charge is 0.451 e. The zero-order valence-electron chi connectivity index (χ0n) is 15.3. The summed E-state index contributed by atoms with van der Waals surface area (Å²) in [7, 11) is 3.94. The third-order valence-corrected chi connectivity index (χ3v) is 5.38. The Kier molecular flexibility index (Phi) is 4.82. The van der Waals surface area contributed by atoms with Crippen LogP contribution in [0.15, 0.2) is 46.9 Å². The van der Waals surface area contributed by atoms with Crippen LogP contribution in [-0.4, -0.2) is 38.1 Å². The van der Waals surface area contributed by atoms with E-state index >= 15 is 0 Å². The zero-order valence-corrected chi connectivity index (χ0v) is 16.1. The maximum Gasteiger partial charge on any atom is 0.296 e. The van der Waals surface area contributed by atoms with Gasteiger partial charge < -0.3 is 9.32 Å². The highest BCUT2D eigenvalue weighted by Gasteiger charge is 2.26. The van der Waals surface area contributed by atoms with Crippen molar-refractivity contribution in [2.24, 2.45) is 0 Å². The molecule has 2 aromatic carbocycles. The minimum absolute atomic E-state index is 0.0565. The Balaban J connectivity index is 1.76. The Labute approximate surface area is 163 Å². The fourth-order valence-corrected chi connectivity index (χ4v) is 3.93. The van der Waals surface area contributed by atoms with E-state index < -0.39 is 11.6 Å². The summed E-state index contributed by atoms with van der Waals surface area (Å²) in [5, 5.41) is 1.13. The molecule has 0 aliphatic rings. The van der Waals surface area contributed by atoms with Crippen LogP contribution in [0.4, 0.5) is 13.9 Å². The topological polar surface area (TPSA) is 50.8 Å². The first-order chi connectivity index (χ1) is 13.4. The second-order valence-corrected chi connectivity index (χ2v) is 7.80. The average Bonchev–Trinajstić information content (AvgIpc) is 3.25. The van der Waals surface area contributed by atoms with Gasteiger partial charge in [0.15, 0.2) is 16.7 Å². The molecule has 4 rings (SSSR count). The molecule has 0 spiro atoms. The predicted molar refractivity (Wildman–Crippen MR) is 105 cm³/mol. The number of amides is 1. The molecule has 0 fully saturated rings. The lowest BCUT2D eigenvalue weighted by atomic mass is 10.2. The van der Waals surface area contributed by atoms with Gasteiger partial charge in [0.25, 0.3) is 5.91 Å². The molecular formula is C20H18F2N3O2S+. The maximum absolute atomic E-state index is 14.1. The number of furan rings is 1. The van der Waals surface area contributed by atoms with Gasteiger partial charge in [0.05, 0.1) is 31.9 Å². The Bertz CT molecular complexity index is 1140. The van der Waals surface area contributed by atoms with Gasteiger partial charge in [-0.1, -0.05) is 29.5 Å². The average molecular weight is 402 g/mol. The van der Waals surface area contributed by atoms with Crippen LogP contribution in [0, 0.1) is 11.6 Å². The normalized spacial score (nSPS) is 11.6. The third kappa shape index (κ3) is 3.48. The van der Waals surface area contributed by atoms with Crippen molar-refractivity contribution in [1.29, 1.82) is 0 Å². The van der Waals surface area contributed by atoms with Crippen LogP contribution in [0.1, 0.15) is 10.6 Å². The molecule has 2 heterocycles. The number of hydrogen-bond acceptors (Lipinski definition) is 4. The van der Waals surface area contributed by atoms with Gasteiger partial charge in [0, 0.05) is 11.5 Å². The van der Waals surface area contributed by atoms with Crippen molar-refractivity contribution in [2.75, 3.05) is 32.1 Å². The van der Waals surface area contributed by atoms with Crippen LogP contribution in [0.3, 0.4) is 0 Å². The van der Waals surface area contributed by atoms with Crippen molar-refractivity contribution in [1.82, 2.24) is 4.98 Å². The molecule has 0 saturated heterocycles. The van der Waals surface area contributed by atoms with E-state index in [1.165, 1.54) is 11.0 Å². The summed E-state index contributed by atoms with van der Waals surface area (Å²) in [6.45, 7) is 1.01. The van der Waals surface area contributed by atoms with Crippen molar-refractivity contribution < 1.29 is 22.9 Å². The van der Waals surface area contributed by atoms with Gasteiger partial charge >= 0.3 is 0 Å². The van der Waals surface area contributed by atoms with Gasteiger partial charge in [-0.25, -0.2) is 13.8 Å². The SMILES string of the molecule is C[NH+](C)CCN(C(=O)c1cc2ccccc2o1)c1nc2c(F)cc(F)cc2s1. The molecule has 0 aliphatic carbocycles. The minimum Gasteiger partial charge on any atom is -0.451 e. The Hall–Kier alpha value is -2.84. The molecule has 0 atom stereocenters. The standard InChI is InChI=1S/C20H17F2N3O2S/c1-24(2)7-8-25(19(26)16-9-12-5-3-4-6-15(12)27-16)20-23-18-14(22)10-13(21)11-17(18)28-20/h3-6,9-11H,7-8H2,1-2H3/p+1. The van der Waals surface area contributed by atoms with E-state index in [0.29, 0.717) is 28.5 Å². The number of fused-ring (bicyclic) bond motifs is 2. The molecule has 0 unspecified atom stereocenters. The fourth-order valence-electron chi connectivity index (χ4n) is 2.90. The summed E-state index contributed by atoms with van der Waals surface area (Å²) in [6, 6.07) is 11.0. The summed E-state index contributed by atoms with van der Waals surface area (Å²) in [6.07, 6.45) is 0. The molecule has 0 aliphatic heterocycles. The van der Waals surface area contributed by atoms with Crippen LogP contribution in [0.5, 0.6) is 0 Å². The second-order valence-electron chi connectivity index (χ2n) is 6.79. The summed E-state index contributed by atoms with van der Waals surface area (Å²) < 4.78 is 33.7. The van der Waals surface area contributed by atoms with Crippen molar-refractivity contribution in [3.63, 3.8) is 0 Å². The first kappa shape index (κ1) is 18.5. The summed E-state index contributed by atoms with van der Waals surface area (Å²) in [4.78, 5) is 20.0. The number of aromatic nitrogens is 1. The molecule has 144 valence electrons. The van der Waals surface area contributed by atoms with E-state index in [9.17, 15) is 13.6 Å². The molecule has 5 nitrogen and oxygen atoms in total. The highest BCUT2D eigenvalue weighted by atomic mass is 32.1. The molecule has 0 bridgehead atoms. The summed E-state index contributed by atoms with van der Waals surface area (Å²) >= 11 is 1.08. The van der Waals surface area contributed by atoms with Gasteiger partial charge in [-0.15, -0.1) is 0 Å². The predicted octanol–water partition coefficient (Wildman–Crippen LogP) is 3.11. The number of hydrogen-bond donors (Lipinski definition) is 1. The minimum atomic E-state index is -0.744. The number of para-hydroxylation sites is 1. The smallest absolute Gasteiger partial charge is 0.296 e. The molecule has 4 aromatic rings. The van der Waals surface area contributed by atoms with Crippen LogP contribution in [0.2, 0.25) is 0 Å². The number of benzene rings is 2. The molecule has 28 heavy (non-hydrogen) atoms. The summed E-state index contributed by atoms with van der Waals surface area (Å²) in [5.74, 6) is -1.60. The van der Waals surface area contributed by atoms with Gasteiger partial charge in [-0.05, 0) is 18.2 Å². The molecule has 2 aromatic heterocycles. The monoisotopic (exact) mass is 402 g/mol. The van der Waals surface area contributed by atoms with Gasteiger partial charge in [0.2, 0.25) is 0 Å². The fraction of sp³-hybridized carbons (Fsp3) is 0.200. The number of carbonyl (C=O) groups is 1. The number of likely N-dealkylation sites (N-methyl/N-ethyl adjacent to an activating group) is 1. The van der Waals surface area contributed by atoms with E-state index in [0.717, 1.165) is 27.7 Å². The number of nitrogens with one attached hydrogen (secondary N) is 1. The molecule has 0 saturated carbocycles. The lowest BCUT2D eigenvalue weighted by molar-refractivity contribution is -0.856. The van der Waals surface area contributed by atoms with E-state index in [2.05, 4.69) is 4.98 Å². The van der Waals surface area contributed by atoms with Gasteiger partial charge in [-0.3, -0.25) is 9.69 Å². The number of anilines is 1. The zero-order chi connectivity index (χ0) is 19.8. The van der Waals surface area contributed by atoms with E-state index in [4.69, 9.17) is 4.42 Å². The number of rotatable bonds is 5. The van der Waals surface area contributed by atoms with Crippen LogP contribution >= 0.6 is 11.3 Å². The summed E-state index contributed by atoms with van der Waals surface area (Å²) in [5.41, 5.74) is 0.669. The van der Waals surface area contributed by atoms with Crippen LogP contribution < -0.4 is 9.80 Å². The number of nitrogens with zero attached hydrogens (tertiary/aromatic N) is 2. The third-order valence-electron chi connectivity index (χ3n) is 4.35. The second kappa shape index (κ2) is 7.29. The van der Waals surface area contributed by atoms with E-state index in [-0.39, 0.29) is 17.2 Å². The highest BCUT2D eigenvalue weighted by molar-refractivity contribution is 7.22. The first-order valence-electron chi connectivity index (χ1n) is 8.77. The maximum atomic E-state index is 14.1. The molecule has 0 radical (unpaired) electrons. The number of halogens is 2. The number of thiazole rings is 1. The highest BCUT2D eigenvalue weighted by Crippen LogP contribution is 2.32. The van der Waals surface area contributed by atoms with Gasteiger partial charge in [0.1, 0.15) is 16.9 Å². The molecule has 8 heteroatoms. The lowest BCUT2D eigenvalue weighted by Gasteiger charge is -2.19. The van der Waals surface area contributed by atoms with Crippen molar-refractivity contribution in [2.45, 2.75) is 0 Å². The molecule has 1 N–H and O–H groups in total. The van der Waals surface area contributed by atoms with E-state index in [1.807, 2.05) is 32.3 Å². The quantitative estimate of drug-likeness (QED) is 0.558. The van der Waals surface area contributed by atoms with E-state index in [1.54, 1.807) is 12.1 Å². The van der Waals surface area contributed by atoms with Crippen molar-refractivity contribution >= 4 is 43.6 Å². The van der Waals surface area contributed by atoms with Crippen molar-refractivity contribution in [3.05, 3.63) is 59.9 Å². The lowest BCUT2D eigenvalue weighted by Crippen LogP contribution is -3.06. The Morgan fingerprint density at radius 1 is 1.21 bits per heavy atom. The van der Waals surface area contributed by atoms with Crippen LogP contribution in [0.25, 0.3) is 21.2 Å². The first-order valence-corrected chi connectivity index (χ1v) is 9.59. The Morgan fingerprint density at radius 3 is 2.75 bits per heavy atom. The molecular weight excluding hydrogens is 384 g/mol.